The molecule has 0 aliphatic carbocycles. The number of nitrogen functional groups attached to an aromatic ring is 1. The normalized spacial score (nSPS) is 13.6. The number of nitrogens with zero attached hydrogens (tertiary/aromatic N) is 3. The van der Waals surface area contributed by atoms with E-state index in [9.17, 15) is 0 Å². The number of fused-ring (bicyclic) bond motifs is 1. The Morgan fingerprint density at radius 3 is 2.80 bits per heavy atom. The van der Waals surface area contributed by atoms with Gasteiger partial charge in [-0.15, -0.1) is 11.3 Å². The van der Waals surface area contributed by atoms with Crippen LogP contribution < -0.4 is 15.4 Å². The van der Waals surface area contributed by atoms with Crippen molar-refractivity contribution in [2.24, 2.45) is 0 Å². The highest BCUT2D eigenvalue weighted by Gasteiger charge is 2.22. The van der Waals surface area contributed by atoms with Gasteiger partial charge in [0.15, 0.2) is 5.13 Å². The maximum Gasteiger partial charge on any atom is 0.180 e. The molecule has 0 saturated carbocycles. The summed E-state index contributed by atoms with van der Waals surface area (Å²) >= 11 is 1.51. The summed E-state index contributed by atoms with van der Waals surface area (Å²) in [6.07, 6.45) is 0. The first-order valence-corrected chi connectivity index (χ1v) is 9.01. The van der Waals surface area contributed by atoms with Crippen molar-refractivity contribution in [3.8, 4) is 17.0 Å². The summed E-state index contributed by atoms with van der Waals surface area (Å²) in [6, 6.07) is 6.19. The van der Waals surface area contributed by atoms with Crippen molar-refractivity contribution in [1.29, 1.82) is 0 Å². The van der Waals surface area contributed by atoms with Gasteiger partial charge in [-0.1, -0.05) is 5.16 Å². The molecule has 6 nitrogen and oxygen atoms in total. The van der Waals surface area contributed by atoms with Crippen molar-refractivity contribution in [3.05, 3.63) is 40.1 Å². The van der Waals surface area contributed by atoms with Gasteiger partial charge in [0, 0.05) is 22.5 Å². The summed E-state index contributed by atoms with van der Waals surface area (Å²) in [6.45, 7) is 8.21. The highest BCUT2D eigenvalue weighted by molar-refractivity contribution is 7.15. The van der Waals surface area contributed by atoms with Gasteiger partial charge in [0.05, 0.1) is 23.6 Å². The van der Waals surface area contributed by atoms with Crippen LogP contribution in [0.2, 0.25) is 0 Å². The zero-order chi connectivity index (χ0) is 17.6. The number of hydrogen-bond acceptors (Lipinski definition) is 7. The molecular weight excluding hydrogens is 336 g/mol. The van der Waals surface area contributed by atoms with Crippen molar-refractivity contribution in [2.45, 2.75) is 27.3 Å². The number of ether oxygens (including phenoxy) is 1. The Morgan fingerprint density at radius 2 is 2.12 bits per heavy atom. The quantitative estimate of drug-likeness (QED) is 0.771. The third-order valence-corrected chi connectivity index (χ3v) is 5.34. The van der Waals surface area contributed by atoms with Gasteiger partial charge in [0.25, 0.3) is 0 Å². The number of hydrogen-bond donors (Lipinski definition) is 1. The molecule has 2 aromatic heterocycles. The molecule has 7 heteroatoms. The lowest BCUT2D eigenvalue weighted by Gasteiger charge is -2.31. The lowest BCUT2D eigenvalue weighted by molar-refractivity contribution is 0.306. The molecule has 0 amide bonds. The standard InChI is InChI=1S/C18H20N4O2S/c1-10-14(11(2)24-21-10)9-22-6-7-23-16-5-4-13(8-15(16)22)17-12(3)25-18(19)20-17/h4-5,8H,6-7,9H2,1-3H3,(H2,19,20). The summed E-state index contributed by atoms with van der Waals surface area (Å²) < 4.78 is 11.1. The first-order valence-electron chi connectivity index (χ1n) is 8.19. The predicted molar refractivity (Wildman–Crippen MR) is 99.2 cm³/mol. The van der Waals surface area contributed by atoms with E-state index in [1.807, 2.05) is 32.9 Å². The summed E-state index contributed by atoms with van der Waals surface area (Å²) in [5.41, 5.74) is 11.0. The fraction of sp³-hybridized carbons (Fsp3) is 0.333. The van der Waals surface area contributed by atoms with Crippen LogP contribution in [0.25, 0.3) is 11.3 Å². The van der Waals surface area contributed by atoms with Gasteiger partial charge in [-0.3, -0.25) is 0 Å². The van der Waals surface area contributed by atoms with Crippen LogP contribution in [0.3, 0.4) is 0 Å². The minimum atomic E-state index is 0.592. The predicted octanol–water partition coefficient (Wildman–Crippen LogP) is 3.70. The average Bonchev–Trinajstić information content (AvgIpc) is 3.10. The molecule has 25 heavy (non-hydrogen) atoms. The zero-order valence-electron chi connectivity index (χ0n) is 14.5. The molecule has 1 aliphatic heterocycles. The van der Waals surface area contributed by atoms with Crippen molar-refractivity contribution in [3.63, 3.8) is 0 Å². The number of aromatic nitrogens is 2. The van der Waals surface area contributed by atoms with E-state index in [-0.39, 0.29) is 0 Å². The molecule has 0 fully saturated rings. The maximum atomic E-state index is 5.86. The van der Waals surface area contributed by atoms with Crippen molar-refractivity contribution < 1.29 is 9.26 Å². The first kappa shape index (κ1) is 16.0. The van der Waals surface area contributed by atoms with Crippen molar-refractivity contribution in [1.82, 2.24) is 10.1 Å². The second kappa shape index (κ2) is 6.07. The monoisotopic (exact) mass is 356 g/mol. The van der Waals surface area contributed by atoms with Crippen LogP contribution in [0, 0.1) is 20.8 Å². The molecule has 0 atom stereocenters. The van der Waals surface area contributed by atoms with Crippen molar-refractivity contribution >= 4 is 22.2 Å². The number of thiazole rings is 1. The third kappa shape index (κ3) is 2.84. The topological polar surface area (TPSA) is 77.4 Å². The Kier molecular flexibility index (Phi) is 3.88. The smallest absolute Gasteiger partial charge is 0.180 e. The SMILES string of the molecule is Cc1noc(C)c1CN1CCOc2ccc(-c3nc(N)sc3C)cc21. The fourth-order valence-corrected chi connectivity index (χ4v) is 3.90. The van der Waals surface area contributed by atoms with E-state index in [2.05, 4.69) is 21.1 Å². The van der Waals surface area contributed by atoms with E-state index in [4.69, 9.17) is 15.0 Å². The Hall–Kier alpha value is -2.54. The van der Waals surface area contributed by atoms with E-state index in [1.54, 1.807) is 0 Å². The molecule has 1 aliphatic rings. The molecule has 0 saturated heterocycles. The Balaban J connectivity index is 1.72. The largest absolute Gasteiger partial charge is 0.490 e. The fourth-order valence-electron chi connectivity index (χ4n) is 3.19. The average molecular weight is 356 g/mol. The van der Waals surface area contributed by atoms with Gasteiger partial charge in [-0.2, -0.15) is 0 Å². The Labute approximate surface area is 150 Å². The summed E-state index contributed by atoms with van der Waals surface area (Å²) in [5, 5.41) is 4.65. The summed E-state index contributed by atoms with van der Waals surface area (Å²) in [5.74, 6) is 1.76. The van der Waals surface area contributed by atoms with Crippen LogP contribution in [0.1, 0.15) is 21.9 Å². The molecule has 3 heterocycles. The number of nitrogens with two attached hydrogens (primary N) is 1. The lowest BCUT2D eigenvalue weighted by Crippen LogP contribution is -2.32. The Bertz CT molecular complexity index is 912. The number of benzene rings is 1. The summed E-state index contributed by atoms with van der Waals surface area (Å²) in [7, 11) is 0. The molecule has 0 unspecified atom stereocenters. The van der Waals surface area contributed by atoms with Crippen LogP contribution in [-0.4, -0.2) is 23.3 Å². The molecule has 0 radical (unpaired) electrons. The minimum Gasteiger partial charge on any atom is -0.490 e. The summed E-state index contributed by atoms with van der Waals surface area (Å²) in [4.78, 5) is 7.89. The second-order valence-corrected chi connectivity index (χ2v) is 7.45. The van der Waals surface area contributed by atoms with Crippen LogP contribution in [0.4, 0.5) is 10.8 Å². The van der Waals surface area contributed by atoms with E-state index >= 15 is 0 Å². The molecule has 1 aromatic carbocycles. The van der Waals surface area contributed by atoms with E-state index < -0.39 is 0 Å². The number of aryl methyl sites for hydroxylation is 3. The molecule has 4 rings (SSSR count). The van der Waals surface area contributed by atoms with Crippen LogP contribution in [0.15, 0.2) is 22.7 Å². The maximum absolute atomic E-state index is 5.86. The van der Waals surface area contributed by atoms with Crippen LogP contribution in [0.5, 0.6) is 5.75 Å². The van der Waals surface area contributed by atoms with E-state index in [0.717, 1.165) is 57.7 Å². The number of anilines is 2. The molecular formula is C18H20N4O2S. The second-order valence-electron chi connectivity index (χ2n) is 6.21. The highest BCUT2D eigenvalue weighted by Crippen LogP contribution is 2.38. The first-order chi connectivity index (χ1) is 12.0. The molecule has 130 valence electrons. The molecule has 2 N–H and O–H groups in total. The third-order valence-electron chi connectivity index (χ3n) is 4.54. The van der Waals surface area contributed by atoms with E-state index in [0.29, 0.717) is 11.7 Å². The van der Waals surface area contributed by atoms with E-state index in [1.165, 1.54) is 11.3 Å². The zero-order valence-corrected chi connectivity index (χ0v) is 15.3. The Morgan fingerprint density at radius 1 is 1.28 bits per heavy atom. The lowest BCUT2D eigenvalue weighted by atomic mass is 10.1. The van der Waals surface area contributed by atoms with Crippen LogP contribution in [-0.2, 0) is 6.54 Å². The molecule has 0 bridgehead atoms. The molecule has 3 aromatic rings. The number of rotatable bonds is 3. The van der Waals surface area contributed by atoms with Gasteiger partial charge in [0.2, 0.25) is 0 Å². The van der Waals surface area contributed by atoms with Crippen molar-refractivity contribution in [2.75, 3.05) is 23.8 Å². The highest BCUT2D eigenvalue weighted by atomic mass is 32.1. The van der Waals surface area contributed by atoms with Gasteiger partial charge < -0.3 is 19.9 Å². The van der Waals surface area contributed by atoms with Gasteiger partial charge in [0.1, 0.15) is 18.1 Å². The minimum absolute atomic E-state index is 0.592. The van der Waals surface area contributed by atoms with Gasteiger partial charge >= 0.3 is 0 Å². The van der Waals surface area contributed by atoms with Gasteiger partial charge in [-0.05, 0) is 39.0 Å². The van der Waals surface area contributed by atoms with Crippen LogP contribution >= 0.6 is 11.3 Å². The van der Waals surface area contributed by atoms with Gasteiger partial charge in [-0.25, -0.2) is 4.98 Å². The molecule has 0 spiro atoms.